The number of anilines is 1. The molecule has 2 heterocycles. The van der Waals surface area contributed by atoms with Crippen LogP contribution in [-0.4, -0.2) is 38.1 Å². The molecule has 9 nitrogen and oxygen atoms in total. The lowest BCUT2D eigenvalue weighted by Crippen LogP contribution is -2.16. The molecule has 0 amide bonds. The largest absolute Gasteiger partial charge is 0.497 e. The van der Waals surface area contributed by atoms with Crippen LogP contribution in [0.5, 0.6) is 5.75 Å². The molecule has 142 valence electrons. The standard InChI is InChI=1S/C18H21N5O4/c1-10(2)23-9-19-21-17(23)11(3)20-16-14(18(24)25)15(27-22-16)12-5-7-13(26-4)8-6-12/h5-11H,1-4H3,(H,20,22)(H,24,25). The predicted molar refractivity (Wildman–Crippen MR) is 97.9 cm³/mol. The lowest BCUT2D eigenvalue weighted by molar-refractivity contribution is 0.0698. The fourth-order valence-electron chi connectivity index (χ4n) is 2.76. The molecule has 0 saturated heterocycles. The van der Waals surface area contributed by atoms with Crippen molar-refractivity contribution in [2.75, 3.05) is 12.4 Å². The minimum atomic E-state index is -1.14. The molecule has 0 radical (unpaired) electrons. The highest BCUT2D eigenvalue weighted by Crippen LogP contribution is 2.32. The van der Waals surface area contributed by atoms with Crippen molar-refractivity contribution in [1.82, 2.24) is 19.9 Å². The van der Waals surface area contributed by atoms with E-state index < -0.39 is 5.97 Å². The van der Waals surface area contributed by atoms with E-state index >= 15 is 0 Å². The lowest BCUT2D eigenvalue weighted by atomic mass is 10.1. The van der Waals surface area contributed by atoms with Crippen molar-refractivity contribution in [3.63, 3.8) is 0 Å². The molecule has 0 saturated carbocycles. The molecule has 3 aromatic rings. The fourth-order valence-corrected chi connectivity index (χ4v) is 2.76. The van der Waals surface area contributed by atoms with Crippen LogP contribution in [0.2, 0.25) is 0 Å². The minimum absolute atomic E-state index is 0.0392. The van der Waals surface area contributed by atoms with Crippen LogP contribution in [0.3, 0.4) is 0 Å². The van der Waals surface area contributed by atoms with Crippen molar-refractivity contribution < 1.29 is 19.2 Å². The van der Waals surface area contributed by atoms with Gasteiger partial charge in [0.2, 0.25) is 0 Å². The maximum absolute atomic E-state index is 11.8. The van der Waals surface area contributed by atoms with E-state index in [2.05, 4.69) is 20.7 Å². The molecule has 9 heteroatoms. The van der Waals surface area contributed by atoms with E-state index in [1.807, 2.05) is 25.3 Å². The molecule has 3 rings (SSSR count). The van der Waals surface area contributed by atoms with Crippen molar-refractivity contribution >= 4 is 11.8 Å². The Kier molecular flexibility index (Phi) is 5.11. The van der Waals surface area contributed by atoms with Crippen LogP contribution in [-0.2, 0) is 0 Å². The first-order valence-electron chi connectivity index (χ1n) is 8.45. The van der Waals surface area contributed by atoms with Gasteiger partial charge in [-0.1, -0.05) is 5.16 Å². The molecule has 0 aliphatic rings. The Morgan fingerprint density at radius 1 is 1.26 bits per heavy atom. The number of carboxylic acids is 1. The second-order valence-corrected chi connectivity index (χ2v) is 6.33. The second kappa shape index (κ2) is 7.48. The monoisotopic (exact) mass is 371 g/mol. The number of aromatic nitrogens is 4. The number of carboxylic acid groups (broad SMARTS) is 1. The van der Waals surface area contributed by atoms with Crippen LogP contribution in [0, 0.1) is 0 Å². The van der Waals surface area contributed by atoms with Crippen molar-refractivity contribution in [3.8, 4) is 17.1 Å². The van der Waals surface area contributed by atoms with Gasteiger partial charge in [-0.3, -0.25) is 0 Å². The first kappa shape index (κ1) is 18.4. The van der Waals surface area contributed by atoms with E-state index in [9.17, 15) is 9.90 Å². The highest BCUT2D eigenvalue weighted by molar-refractivity contribution is 5.99. The van der Waals surface area contributed by atoms with E-state index in [1.165, 1.54) is 0 Å². The zero-order valence-corrected chi connectivity index (χ0v) is 15.5. The SMILES string of the molecule is COc1ccc(-c2onc(NC(C)c3nncn3C(C)C)c2C(=O)O)cc1. The Labute approximate surface area is 156 Å². The van der Waals surface area contributed by atoms with Crippen LogP contribution >= 0.6 is 0 Å². The Balaban J connectivity index is 1.93. The van der Waals surface area contributed by atoms with Gasteiger partial charge in [-0.2, -0.15) is 0 Å². The van der Waals surface area contributed by atoms with Gasteiger partial charge in [-0.05, 0) is 45.0 Å². The topological polar surface area (TPSA) is 115 Å². The van der Waals surface area contributed by atoms with E-state index in [1.54, 1.807) is 37.7 Å². The summed E-state index contributed by atoms with van der Waals surface area (Å²) < 4.78 is 12.4. The van der Waals surface area contributed by atoms with Gasteiger partial charge in [-0.15, -0.1) is 10.2 Å². The molecule has 1 aromatic carbocycles. The van der Waals surface area contributed by atoms with Crippen LogP contribution < -0.4 is 10.1 Å². The van der Waals surface area contributed by atoms with Gasteiger partial charge in [0, 0.05) is 11.6 Å². The summed E-state index contributed by atoms with van der Waals surface area (Å²) in [7, 11) is 1.56. The van der Waals surface area contributed by atoms with Gasteiger partial charge in [0.15, 0.2) is 23.0 Å². The number of ether oxygens (including phenoxy) is 1. The molecule has 0 aliphatic heterocycles. The summed E-state index contributed by atoms with van der Waals surface area (Å²) in [5, 5.41) is 24.7. The normalized spacial score (nSPS) is 12.2. The number of rotatable bonds is 7. The van der Waals surface area contributed by atoms with Gasteiger partial charge in [0.25, 0.3) is 0 Å². The second-order valence-electron chi connectivity index (χ2n) is 6.33. The summed E-state index contributed by atoms with van der Waals surface area (Å²) in [5.74, 6) is 0.511. The predicted octanol–water partition coefficient (Wildman–Crippen LogP) is 3.39. The molecule has 27 heavy (non-hydrogen) atoms. The van der Waals surface area contributed by atoms with Gasteiger partial charge < -0.3 is 24.3 Å². The summed E-state index contributed by atoms with van der Waals surface area (Å²) >= 11 is 0. The quantitative estimate of drug-likeness (QED) is 0.649. The summed E-state index contributed by atoms with van der Waals surface area (Å²) in [6.07, 6.45) is 1.64. The van der Waals surface area contributed by atoms with Crippen LogP contribution in [0.25, 0.3) is 11.3 Å². The molecule has 1 unspecified atom stereocenters. The van der Waals surface area contributed by atoms with Gasteiger partial charge in [-0.25, -0.2) is 4.79 Å². The van der Waals surface area contributed by atoms with Crippen molar-refractivity contribution in [3.05, 3.63) is 42.0 Å². The molecule has 0 bridgehead atoms. The zero-order valence-electron chi connectivity index (χ0n) is 15.5. The number of nitrogens with zero attached hydrogens (tertiary/aromatic N) is 4. The number of carbonyl (C=O) groups is 1. The molecule has 0 fully saturated rings. The van der Waals surface area contributed by atoms with Crippen molar-refractivity contribution in [1.29, 1.82) is 0 Å². The highest BCUT2D eigenvalue weighted by Gasteiger charge is 2.26. The number of benzene rings is 1. The third kappa shape index (κ3) is 3.62. The Morgan fingerprint density at radius 3 is 2.56 bits per heavy atom. The Morgan fingerprint density at radius 2 is 1.96 bits per heavy atom. The lowest BCUT2D eigenvalue weighted by Gasteiger charge is -2.16. The van der Waals surface area contributed by atoms with E-state index in [4.69, 9.17) is 9.26 Å². The van der Waals surface area contributed by atoms with Crippen LogP contribution in [0.4, 0.5) is 5.82 Å². The Hall–Kier alpha value is -3.36. The molecule has 2 N–H and O–H groups in total. The number of hydrogen-bond donors (Lipinski definition) is 2. The highest BCUT2D eigenvalue weighted by atomic mass is 16.5. The molecular formula is C18H21N5O4. The summed E-state index contributed by atoms with van der Waals surface area (Å²) in [6, 6.07) is 6.74. The van der Waals surface area contributed by atoms with Crippen LogP contribution in [0.1, 0.15) is 49.0 Å². The molecule has 2 aromatic heterocycles. The van der Waals surface area contributed by atoms with Crippen molar-refractivity contribution in [2.24, 2.45) is 0 Å². The average Bonchev–Trinajstić information content (AvgIpc) is 3.29. The number of aromatic carboxylic acids is 1. The first-order chi connectivity index (χ1) is 12.9. The van der Waals surface area contributed by atoms with E-state index in [0.29, 0.717) is 17.1 Å². The van der Waals surface area contributed by atoms with E-state index in [0.717, 1.165) is 0 Å². The summed E-state index contributed by atoms with van der Waals surface area (Å²) in [4.78, 5) is 11.8. The molecular weight excluding hydrogens is 350 g/mol. The summed E-state index contributed by atoms with van der Waals surface area (Å²) in [6.45, 7) is 5.89. The zero-order chi connectivity index (χ0) is 19.6. The van der Waals surface area contributed by atoms with Gasteiger partial charge >= 0.3 is 5.97 Å². The van der Waals surface area contributed by atoms with Gasteiger partial charge in [0.1, 0.15) is 12.1 Å². The average molecular weight is 371 g/mol. The number of nitrogens with one attached hydrogen (secondary N) is 1. The fraction of sp³-hybridized carbons (Fsp3) is 0.333. The smallest absolute Gasteiger partial charge is 0.343 e. The molecule has 1 atom stereocenters. The number of hydrogen-bond acceptors (Lipinski definition) is 7. The number of methoxy groups -OCH3 is 1. The van der Waals surface area contributed by atoms with Crippen molar-refractivity contribution in [2.45, 2.75) is 32.9 Å². The minimum Gasteiger partial charge on any atom is -0.497 e. The third-order valence-corrected chi connectivity index (χ3v) is 4.16. The summed E-state index contributed by atoms with van der Waals surface area (Å²) in [5.41, 5.74) is 0.550. The maximum atomic E-state index is 11.8. The maximum Gasteiger partial charge on any atom is 0.343 e. The molecule has 0 aliphatic carbocycles. The van der Waals surface area contributed by atoms with E-state index in [-0.39, 0.29) is 29.2 Å². The molecule has 0 spiro atoms. The third-order valence-electron chi connectivity index (χ3n) is 4.16. The first-order valence-corrected chi connectivity index (χ1v) is 8.45. The van der Waals surface area contributed by atoms with Crippen LogP contribution in [0.15, 0.2) is 35.1 Å². The van der Waals surface area contributed by atoms with Gasteiger partial charge in [0.05, 0.1) is 13.2 Å². The Bertz CT molecular complexity index is 930.